The van der Waals surface area contributed by atoms with E-state index in [9.17, 15) is 38.7 Å². The van der Waals surface area contributed by atoms with Crippen molar-refractivity contribution in [2.24, 2.45) is 17.8 Å². The Hall–Kier alpha value is -2.90. The number of methoxy groups -OCH3 is 1. The van der Waals surface area contributed by atoms with Gasteiger partial charge < -0.3 is 68.5 Å². The minimum Gasteiger partial charge on any atom is -0.494 e. The molecule has 0 radical (unpaired) electrons. The second-order valence-corrected chi connectivity index (χ2v) is 25.2. The molecule has 3 fully saturated rings. The lowest BCUT2D eigenvalue weighted by Crippen LogP contribution is -2.61. The van der Waals surface area contributed by atoms with Crippen molar-refractivity contribution in [2.45, 2.75) is 229 Å². The summed E-state index contributed by atoms with van der Waals surface area (Å²) in [7, 11) is 1.88. The summed E-state index contributed by atoms with van der Waals surface area (Å²) >= 11 is 0. The number of aromatic nitrogens is 3. The van der Waals surface area contributed by atoms with Gasteiger partial charge in [0, 0.05) is 70.2 Å². The van der Waals surface area contributed by atoms with E-state index in [2.05, 4.69) is 10.3 Å². The van der Waals surface area contributed by atoms with Crippen LogP contribution in [-0.2, 0) is 56.0 Å². The number of carbonyl (C=O) groups excluding carboxylic acids is 1. The van der Waals surface area contributed by atoms with Crippen molar-refractivity contribution in [3.05, 3.63) is 36.2 Å². The number of aryl methyl sites for hydroxylation is 1. The first-order valence-corrected chi connectivity index (χ1v) is 28.1. The number of carbonyl (C=O) groups is 1. The van der Waals surface area contributed by atoms with E-state index in [1.165, 1.54) is 14.0 Å². The quantitative estimate of drug-likeness (QED) is 0.112. The molecule has 5 rings (SSSR count). The normalized spacial score (nSPS) is 38.6. The highest BCUT2D eigenvalue weighted by atomic mass is 32.2. The Morgan fingerprint density at radius 1 is 0.959 bits per heavy atom. The predicted octanol–water partition coefficient (Wildman–Crippen LogP) is 3.76. The predicted molar refractivity (Wildman–Crippen MR) is 276 cm³/mol. The Bertz CT molecular complexity index is 2180. The number of hydrogen-bond acceptors (Lipinski definition) is 19. The molecule has 1 aromatic heterocycles. The van der Waals surface area contributed by atoms with Crippen LogP contribution < -0.4 is 4.74 Å². The zero-order valence-corrected chi connectivity index (χ0v) is 47.5. The van der Waals surface area contributed by atoms with Gasteiger partial charge in [0.2, 0.25) is 0 Å². The molecule has 18 atom stereocenters. The standard InChI is InChI=1S/C53H91N5O15S/c1-16-42-53(12,64)46(60)36(8)57(14)29-32(4)27-51(10,63)48(34(6)45(35(7)49(62)71-42)72-43-28-52(11,67-15)47(61)37(9)70-43)73-50-44(59)41(26-33(5)69-50)56(13)24-22-38-30-58(55-54-38)23-17-25-68-39-18-20-40(21-19-39)74(65,66)31(2)3/h18-21,30-37,41-48,50,59-61,63-64H,16-17,22-29H2,1-15H3/t32-,33-,34+,35-,36-,37+,41+,42-,43+,44-,45+,46-,47+,48-,50+,51-,52-,53-/m1/s1. The third-order valence-electron chi connectivity index (χ3n) is 16.0. The molecule has 0 saturated carbocycles. The number of hydrogen-bond donors (Lipinski definition) is 5. The van der Waals surface area contributed by atoms with Crippen LogP contribution >= 0.6 is 0 Å². The number of esters is 1. The molecule has 0 bridgehead atoms. The summed E-state index contributed by atoms with van der Waals surface area (Å²) in [5.74, 6) is -2.24. The lowest BCUT2D eigenvalue weighted by atomic mass is 9.77. The molecule has 0 amide bonds. The minimum atomic E-state index is -3.37. The van der Waals surface area contributed by atoms with Crippen molar-refractivity contribution >= 4 is 15.8 Å². The fraction of sp³-hybridized carbons (Fsp3) is 0.830. The van der Waals surface area contributed by atoms with Crippen LogP contribution in [0.4, 0.5) is 0 Å². The molecule has 1 aromatic carbocycles. The second kappa shape index (κ2) is 25.7. The van der Waals surface area contributed by atoms with Crippen LogP contribution in [-0.4, -0.2) is 201 Å². The molecule has 3 aliphatic rings. The number of cyclic esters (lactones) is 1. The molecule has 0 aliphatic carbocycles. The van der Waals surface area contributed by atoms with E-state index in [1.54, 1.807) is 84.3 Å². The van der Waals surface area contributed by atoms with Crippen LogP contribution in [0.15, 0.2) is 35.4 Å². The maximum atomic E-state index is 14.5. The molecule has 74 heavy (non-hydrogen) atoms. The molecular formula is C53H91N5O15S. The highest BCUT2D eigenvalue weighted by Crippen LogP contribution is 2.40. The van der Waals surface area contributed by atoms with Crippen molar-refractivity contribution in [3.8, 4) is 5.75 Å². The number of aliphatic hydroxyl groups is 5. The third-order valence-corrected chi connectivity index (χ3v) is 18.2. The van der Waals surface area contributed by atoms with E-state index < -0.39 is 117 Å². The average Bonchev–Trinajstić information content (AvgIpc) is 3.80. The van der Waals surface area contributed by atoms with Crippen molar-refractivity contribution in [1.29, 1.82) is 0 Å². The SMILES string of the molecule is CC[C@H]1OC(=O)[C@H](C)[C@@H](O[C@H]2C[C@@](C)(OC)[C@@H](O)[C@H](C)O2)[C@H](C)[C@@H](O[C@@H]2O[C@H](C)C[C@H](N(C)CCc3cn(CCCOc4ccc(S(=O)(=O)C(C)C)cc4)nn3)[C@H]2O)[C@](C)(O)C[C@@H](C)CN(C)[C@H](C)[C@@H](O)[C@]1(C)O. The van der Waals surface area contributed by atoms with Gasteiger partial charge in [0.1, 0.15) is 35.8 Å². The van der Waals surface area contributed by atoms with Gasteiger partial charge in [-0.1, -0.05) is 26.0 Å². The zero-order chi connectivity index (χ0) is 55.2. The third kappa shape index (κ3) is 14.8. The fourth-order valence-electron chi connectivity index (χ4n) is 11.1. The fourth-order valence-corrected chi connectivity index (χ4v) is 12.2. The number of ether oxygens (including phenoxy) is 7. The Balaban J connectivity index is 1.35. The van der Waals surface area contributed by atoms with E-state index in [0.717, 1.165) is 5.69 Å². The van der Waals surface area contributed by atoms with Crippen molar-refractivity contribution in [2.75, 3.05) is 40.9 Å². The molecule has 20 nitrogen and oxygen atoms in total. The van der Waals surface area contributed by atoms with Gasteiger partial charge in [0.05, 0.1) is 64.0 Å². The van der Waals surface area contributed by atoms with Gasteiger partial charge in [0.25, 0.3) is 0 Å². The molecule has 5 N–H and O–H groups in total. The smallest absolute Gasteiger partial charge is 0.311 e. The molecule has 424 valence electrons. The van der Waals surface area contributed by atoms with Crippen LogP contribution in [0.2, 0.25) is 0 Å². The number of likely N-dealkylation sites (N-methyl/N-ethyl adjacent to an activating group) is 2. The summed E-state index contributed by atoms with van der Waals surface area (Å²) in [6.45, 7) is 22.7. The molecule has 21 heteroatoms. The molecule has 3 saturated heterocycles. The number of sulfone groups is 1. The van der Waals surface area contributed by atoms with Crippen molar-refractivity contribution in [1.82, 2.24) is 24.8 Å². The van der Waals surface area contributed by atoms with Crippen molar-refractivity contribution < 1.29 is 71.9 Å². The molecule has 0 unspecified atom stereocenters. The first-order chi connectivity index (χ1) is 34.5. The van der Waals surface area contributed by atoms with E-state index in [0.29, 0.717) is 51.3 Å². The Kier molecular flexibility index (Phi) is 21.5. The topological polar surface area (TPSA) is 254 Å². The highest BCUT2D eigenvalue weighted by Gasteiger charge is 2.53. The van der Waals surface area contributed by atoms with Crippen molar-refractivity contribution in [3.63, 3.8) is 0 Å². The van der Waals surface area contributed by atoms with Gasteiger partial charge in [-0.2, -0.15) is 0 Å². The van der Waals surface area contributed by atoms with Crippen LogP contribution in [0.5, 0.6) is 5.75 Å². The van der Waals surface area contributed by atoms with E-state index in [-0.39, 0.29) is 36.2 Å². The van der Waals surface area contributed by atoms with Gasteiger partial charge in [0.15, 0.2) is 22.4 Å². The maximum Gasteiger partial charge on any atom is 0.311 e. The molecule has 3 aliphatic heterocycles. The van der Waals surface area contributed by atoms with Crippen LogP contribution in [0.25, 0.3) is 0 Å². The summed E-state index contributed by atoms with van der Waals surface area (Å²) in [6.07, 6.45) is -6.15. The minimum absolute atomic E-state index is 0.0929. The van der Waals surface area contributed by atoms with E-state index in [1.807, 2.05) is 50.9 Å². The second-order valence-electron chi connectivity index (χ2n) is 22.7. The van der Waals surface area contributed by atoms with Gasteiger partial charge in [-0.05, 0) is 126 Å². The summed E-state index contributed by atoms with van der Waals surface area (Å²) in [4.78, 5) is 18.7. The number of rotatable bonds is 17. The molecule has 2 aromatic rings. The maximum absolute atomic E-state index is 14.5. The monoisotopic (exact) mass is 1070 g/mol. The van der Waals surface area contributed by atoms with Crippen LogP contribution in [0.1, 0.15) is 121 Å². The molecule has 0 spiro atoms. The first-order valence-electron chi connectivity index (χ1n) is 26.6. The average molecular weight is 1070 g/mol. The lowest BCUT2D eigenvalue weighted by Gasteiger charge is -2.49. The number of nitrogens with zero attached hydrogens (tertiary/aromatic N) is 5. The van der Waals surface area contributed by atoms with Gasteiger partial charge in [-0.15, -0.1) is 5.10 Å². The largest absolute Gasteiger partial charge is 0.494 e. The van der Waals surface area contributed by atoms with Crippen LogP contribution in [0, 0.1) is 17.8 Å². The zero-order valence-electron chi connectivity index (χ0n) is 46.7. The van der Waals surface area contributed by atoms with Gasteiger partial charge in [-0.25, -0.2) is 8.42 Å². The van der Waals surface area contributed by atoms with Gasteiger partial charge in [-0.3, -0.25) is 9.48 Å². The number of benzene rings is 1. The summed E-state index contributed by atoms with van der Waals surface area (Å²) in [5.41, 5.74) is -3.80. The molecular weight excluding hydrogens is 979 g/mol. The Morgan fingerprint density at radius 3 is 2.24 bits per heavy atom. The van der Waals surface area contributed by atoms with Crippen LogP contribution in [0.3, 0.4) is 0 Å². The number of aliphatic hydroxyl groups excluding tert-OH is 3. The van der Waals surface area contributed by atoms with Gasteiger partial charge >= 0.3 is 5.97 Å². The summed E-state index contributed by atoms with van der Waals surface area (Å²) < 4.78 is 70.8. The highest BCUT2D eigenvalue weighted by molar-refractivity contribution is 7.92. The van der Waals surface area contributed by atoms with E-state index >= 15 is 0 Å². The first kappa shape index (κ1) is 61.9. The lowest BCUT2D eigenvalue weighted by molar-refractivity contribution is -0.318. The summed E-state index contributed by atoms with van der Waals surface area (Å²) in [6, 6.07) is 5.42. The van der Waals surface area contributed by atoms with E-state index in [4.69, 9.17) is 33.2 Å². The summed E-state index contributed by atoms with van der Waals surface area (Å²) in [5, 5.41) is 67.9. The molecule has 4 heterocycles. The Morgan fingerprint density at radius 2 is 1.62 bits per heavy atom. The Labute approximate surface area is 440 Å².